The van der Waals surface area contributed by atoms with Gasteiger partial charge in [-0.05, 0) is 29.1 Å². The van der Waals surface area contributed by atoms with Gasteiger partial charge in [0.25, 0.3) is 0 Å². The van der Waals surface area contributed by atoms with Crippen molar-refractivity contribution in [1.82, 2.24) is 25.2 Å². The highest BCUT2D eigenvalue weighted by atomic mass is 127. The Morgan fingerprint density at radius 1 is 1.31 bits per heavy atom. The maximum atomic E-state index is 4.37. The minimum absolute atomic E-state index is 0. The number of rotatable bonds is 6. The number of guanidine groups is 1. The van der Waals surface area contributed by atoms with Crippen LogP contribution in [0.1, 0.15) is 23.3 Å². The summed E-state index contributed by atoms with van der Waals surface area (Å²) in [5.74, 6) is 2.10. The molecule has 2 N–H and O–H groups in total. The van der Waals surface area contributed by atoms with E-state index in [-0.39, 0.29) is 24.0 Å². The second kappa shape index (κ2) is 10.3. The number of thiophene rings is 1. The molecule has 0 saturated carbocycles. The summed E-state index contributed by atoms with van der Waals surface area (Å²) in [5.41, 5.74) is 1.13. The molecule has 0 aliphatic rings. The van der Waals surface area contributed by atoms with Crippen LogP contribution >= 0.6 is 35.3 Å². The molecule has 0 saturated heterocycles. The van der Waals surface area contributed by atoms with Crippen LogP contribution in [0, 0.1) is 0 Å². The number of nitrogens with one attached hydrogen (secondary N) is 2. The van der Waals surface area contributed by atoms with Gasteiger partial charge < -0.3 is 10.6 Å². The van der Waals surface area contributed by atoms with Crippen LogP contribution in [0.4, 0.5) is 0 Å². The summed E-state index contributed by atoms with van der Waals surface area (Å²) in [4.78, 5) is 14.1. The van der Waals surface area contributed by atoms with Gasteiger partial charge in [0, 0.05) is 49.5 Å². The van der Waals surface area contributed by atoms with Crippen molar-refractivity contribution < 1.29 is 0 Å². The Kier molecular flexibility index (Phi) is 8.05. The third-order valence-electron chi connectivity index (χ3n) is 3.87. The van der Waals surface area contributed by atoms with Crippen molar-refractivity contribution in [2.24, 2.45) is 4.99 Å². The van der Waals surface area contributed by atoms with E-state index in [2.05, 4.69) is 50.0 Å². The van der Waals surface area contributed by atoms with E-state index in [0.29, 0.717) is 12.5 Å². The molecule has 0 fully saturated rings. The van der Waals surface area contributed by atoms with Crippen LogP contribution in [0.2, 0.25) is 0 Å². The highest BCUT2D eigenvalue weighted by Crippen LogP contribution is 2.19. The number of nitrogens with zero attached hydrogens (tertiary/aromatic N) is 4. The van der Waals surface area contributed by atoms with E-state index in [1.54, 1.807) is 37.1 Å². The molecule has 0 aliphatic heterocycles. The summed E-state index contributed by atoms with van der Waals surface area (Å²) in [6.07, 6.45) is 7.17. The molecule has 1 atom stereocenters. The Labute approximate surface area is 174 Å². The zero-order valence-corrected chi connectivity index (χ0v) is 17.9. The first-order valence-electron chi connectivity index (χ1n) is 8.17. The minimum atomic E-state index is 0. The van der Waals surface area contributed by atoms with Crippen LogP contribution in [-0.4, -0.2) is 34.1 Å². The lowest BCUT2D eigenvalue weighted by molar-refractivity contribution is 0.708. The van der Waals surface area contributed by atoms with Crippen LogP contribution in [-0.2, 0) is 6.54 Å². The highest BCUT2D eigenvalue weighted by molar-refractivity contribution is 14.0. The number of imidazole rings is 1. The fraction of sp³-hybridized carbons (Fsp3) is 0.278. The molecular weight excluding hydrogens is 459 g/mol. The molecule has 0 spiro atoms. The molecule has 3 aromatic heterocycles. The molecule has 0 bridgehead atoms. The molecule has 0 aliphatic carbocycles. The Hall–Kier alpha value is -1.94. The summed E-state index contributed by atoms with van der Waals surface area (Å²) < 4.78 is 1.89. The predicted octanol–water partition coefficient (Wildman–Crippen LogP) is 3.42. The first-order chi connectivity index (χ1) is 12.3. The van der Waals surface area contributed by atoms with Crippen molar-refractivity contribution in [3.8, 4) is 5.82 Å². The highest BCUT2D eigenvalue weighted by Gasteiger charge is 2.07. The molecule has 0 aromatic carbocycles. The quantitative estimate of drug-likeness (QED) is 0.321. The molecule has 3 rings (SSSR count). The SMILES string of the molecule is CN=C(NCc1ccnc(-n2ccnc2)c1)NCC(C)c1cccs1.I. The second-order valence-corrected chi connectivity index (χ2v) is 6.69. The second-order valence-electron chi connectivity index (χ2n) is 5.72. The Balaban J connectivity index is 0.00000243. The number of hydrogen-bond donors (Lipinski definition) is 2. The van der Waals surface area contributed by atoms with Crippen molar-refractivity contribution in [1.29, 1.82) is 0 Å². The average Bonchev–Trinajstić information content (AvgIpc) is 3.35. The summed E-state index contributed by atoms with van der Waals surface area (Å²) in [6, 6.07) is 8.29. The third kappa shape index (κ3) is 5.53. The lowest BCUT2D eigenvalue weighted by Crippen LogP contribution is -2.38. The number of pyridine rings is 1. The van der Waals surface area contributed by atoms with Gasteiger partial charge in [-0.3, -0.25) is 9.56 Å². The Bertz CT molecular complexity index is 801. The summed E-state index contributed by atoms with van der Waals surface area (Å²) in [7, 11) is 1.79. The maximum Gasteiger partial charge on any atom is 0.191 e. The number of halogens is 1. The van der Waals surface area contributed by atoms with Crippen LogP contribution < -0.4 is 10.6 Å². The van der Waals surface area contributed by atoms with Crippen LogP contribution in [0.3, 0.4) is 0 Å². The first-order valence-corrected chi connectivity index (χ1v) is 9.05. The zero-order chi connectivity index (χ0) is 17.5. The summed E-state index contributed by atoms with van der Waals surface area (Å²) in [5, 5.41) is 8.84. The molecule has 3 aromatic rings. The molecule has 138 valence electrons. The Morgan fingerprint density at radius 2 is 2.19 bits per heavy atom. The van der Waals surface area contributed by atoms with E-state index in [9.17, 15) is 0 Å². The van der Waals surface area contributed by atoms with Gasteiger partial charge in [0.2, 0.25) is 0 Å². The van der Waals surface area contributed by atoms with Crippen molar-refractivity contribution >= 4 is 41.3 Å². The van der Waals surface area contributed by atoms with Gasteiger partial charge in [-0.2, -0.15) is 0 Å². The largest absolute Gasteiger partial charge is 0.356 e. The first kappa shape index (κ1) is 20.4. The Morgan fingerprint density at radius 3 is 2.88 bits per heavy atom. The van der Waals surface area contributed by atoms with Crippen molar-refractivity contribution in [3.63, 3.8) is 0 Å². The molecule has 3 heterocycles. The van der Waals surface area contributed by atoms with Crippen molar-refractivity contribution in [3.05, 3.63) is 65.0 Å². The fourth-order valence-corrected chi connectivity index (χ4v) is 3.22. The normalized spacial score (nSPS) is 12.3. The minimum Gasteiger partial charge on any atom is -0.356 e. The van der Waals surface area contributed by atoms with Gasteiger partial charge in [0.15, 0.2) is 5.96 Å². The van der Waals surface area contributed by atoms with Crippen LogP contribution in [0.15, 0.2) is 59.6 Å². The smallest absolute Gasteiger partial charge is 0.191 e. The van der Waals surface area contributed by atoms with Gasteiger partial charge >= 0.3 is 0 Å². The average molecular weight is 482 g/mol. The standard InChI is InChI=1S/C18H22N6S.HI/c1-14(16-4-3-9-25-16)11-22-18(19-2)23-12-15-5-6-21-17(10-15)24-8-7-20-13-24;/h3-10,13-14H,11-12H2,1-2H3,(H2,19,22,23);1H. The summed E-state index contributed by atoms with van der Waals surface area (Å²) >= 11 is 1.79. The van der Waals surface area contributed by atoms with E-state index in [1.807, 2.05) is 22.9 Å². The fourth-order valence-electron chi connectivity index (χ4n) is 2.43. The van der Waals surface area contributed by atoms with E-state index in [4.69, 9.17) is 0 Å². The van der Waals surface area contributed by atoms with E-state index >= 15 is 0 Å². The topological polar surface area (TPSA) is 67.1 Å². The molecule has 26 heavy (non-hydrogen) atoms. The molecule has 0 radical (unpaired) electrons. The monoisotopic (exact) mass is 482 g/mol. The molecule has 6 nitrogen and oxygen atoms in total. The number of hydrogen-bond acceptors (Lipinski definition) is 4. The van der Waals surface area contributed by atoms with Gasteiger partial charge in [-0.15, -0.1) is 35.3 Å². The van der Waals surface area contributed by atoms with Gasteiger partial charge in [-0.1, -0.05) is 13.0 Å². The van der Waals surface area contributed by atoms with Crippen LogP contribution in [0.5, 0.6) is 0 Å². The van der Waals surface area contributed by atoms with Crippen LogP contribution in [0.25, 0.3) is 5.82 Å². The number of aliphatic imine (C=N–C) groups is 1. The molecular formula is C18H23IN6S. The third-order valence-corrected chi connectivity index (χ3v) is 4.97. The molecule has 8 heteroatoms. The van der Waals surface area contributed by atoms with E-state index in [0.717, 1.165) is 23.9 Å². The van der Waals surface area contributed by atoms with Gasteiger partial charge in [0.05, 0.1) is 0 Å². The lowest BCUT2D eigenvalue weighted by atomic mass is 10.1. The lowest BCUT2D eigenvalue weighted by Gasteiger charge is -2.15. The number of aromatic nitrogens is 3. The maximum absolute atomic E-state index is 4.37. The predicted molar refractivity (Wildman–Crippen MR) is 118 cm³/mol. The zero-order valence-electron chi connectivity index (χ0n) is 14.8. The summed E-state index contributed by atoms with van der Waals surface area (Å²) in [6.45, 7) is 3.74. The molecule has 1 unspecified atom stereocenters. The van der Waals surface area contributed by atoms with Gasteiger partial charge in [-0.25, -0.2) is 9.97 Å². The van der Waals surface area contributed by atoms with Crippen molar-refractivity contribution in [2.75, 3.05) is 13.6 Å². The molecule has 0 amide bonds. The van der Waals surface area contributed by atoms with Gasteiger partial charge in [0.1, 0.15) is 12.1 Å². The van der Waals surface area contributed by atoms with Crippen molar-refractivity contribution in [2.45, 2.75) is 19.4 Å². The van der Waals surface area contributed by atoms with E-state index < -0.39 is 0 Å². The van der Waals surface area contributed by atoms with E-state index in [1.165, 1.54) is 4.88 Å².